The van der Waals surface area contributed by atoms with Crippen LogP contribution in [0.15, 0.2) is 261 Å². The number of hydrogen-bond acceptors (Lipinski definition) is 4. The molecule has 14 aromatic rings. The number of rotatable bonds is 8. The Morgan fingerprint density at radius 2 is 0.671 bits per heavy atom. The Hall–Kier alpha value is -9.84. The average molecular weight is 930 g/mol. The summed E-state index contributed by atoms with van der Waals surface area (Å²) in [5.41, 5.74) is 15.9. The first kappa shape index (κ1) is 42.1. The fraction of sp³-hybridized carbons (Fsp3) is 0. The average Bonchev–Trinajstić information content (AvgIpc) is 3.82. The van der Waals surface area contributed by atoms with Crippen molar-refractivity contribution in [2.45, 2.75) is 0 Å². The van der Waals surface area contributed by atoms with E-state index in [-0.39, 0.29) is 0 Å². The predicted octanol–water partition coefficient (Wildman–Crippen LogP) is 17.5. The van der Waals surface area contributed by atoms with Gasteiger partial charge in [0.15, 0.2) is 17.5 Å². The molecule has 0 saturated carbocycles. The number of nitrogens with zero attached hydrogens (tertiary/aromatic N) is 5. The summed E-state index contributed by atoms with van der Waals surface area (Å²) in [6, 6.07) is 92.3. The molecule has 14 rings (SSSR count). The maximum Gasteiger partial charge on any atom is 0.164 e. The molecule has 0 radical (unpaired) electrons. The molecule has 0 unspecified atom stereocenters. The maximum absolute atomic E-state index is 5.63. The van der Waals surface area contributed by atoms with E-state index in [9.17, 15) is 0 Å². The predicted molar refractivity (Wildman–Crippen MR) is 303 cm³/mol. The molecular weight excluding hydrogens is 887 g/mol. The van der Waals surface area contributed by atoms with Crippen LogP contribution in [0.25, 0.3) is 139 Å². The molecule has 5 heteroatoms. The zero-order valence-corrected chi connectivity index (χ0v) is 39.6. The van der Waals surface area contributed by atoms with Crippen LogP contribution in [0, 0.1) is 0 Å². The van der Waals surface area contributed by atoms with Crippen LogP contribution in [0.2, 0.25) is 0 Å². The van der Waals surface area contributed by atoms with Crippen LogP contribution < -0.4 is 0 Å². The Labute approximate surface area is 422 Å². The second-order valence-electron chi connectivity index (χ2n) is 18.6. The van der Waals surface area contributed by atoms with Crippen LogP contribution in [0.1, 0.15) is 0 Å². The summed E-state index contributed by atoms with van der Waals surface area (Å²) >= 11 is 0. The highest BCUT2D eigenvalue weighted by molar-refractivity contribution is 6.24. The third kappa shape index (κ3) is 7.42. The molecule has 11 aromatic carbocycles. The van der Waals surface area contributed by atoms with Gasteiger partial charge in [0.25, 0.3) is 0 Å². The van der Waals surface area contributed by atoms with Crippen LogP contribution in [-0.4, -0.2) is 24.5 Å². The van der Waals surface area contributed by atoms with Crippen molar-refractivity contribution in [3.8, 4) is 84.5 Å². The fourth-order valence-electron chi connectivity index (χ4n) is 10.7. The van der Waals surface area contributed by atoms with E-state index >= 15 is 0 Å². The van der Waals surface area contributed by atoms with Crippen LogP contribution in [-0.2, 0) is 0 Å². The van der Waals surface area contributed by atoms with Gasteiger partial charge >= 0.3 is 0 Å². The van der Waals surface area contributed by atoms with Crippen LogP contribution >= 0.6 is 0 Å². The summed E-state index contributed by atoms with van der Waals surface area (Å²) in [6.07, 6.45) is 0. The molecule has 0 saturated heterocycles. The molecule has 0 atom stereocenters. The number of fused-ring (bicyclic) bond motifs is 8. The lowest BCUT2D eigenvalue weighted by atomic mass is 9.92. The SMILES string of the molecule is c1ccc(-c2ccc(-c3nc(-c4ccc(-c5ccccc5)cc4)nc(-c4ccc(-c5nc6c(-c7ccc(-n8c9ccccc9c9ccccc98)cc7)cccc6c6c5ccc5ccccc56)cc4)n3)cc2)cc1. The fourth-order valence-corrected chi connectivity index (χ4v) is 10.7. The van der Waals surface area contributed by atoms with Crippen LogP contribution in [0.5, 0.6) is 0 Å². The molecule has 3 heterocycles. The molecular formula is C68H43N5. The van der Waals surface area contributed by atoms with E-state index in [1.165, 1.54) is 38.0 Å². The van der Waals surface area contributed by atoms with Gasteiger partial charge < -0.3 is 4.57 Å². The second-order valence-corrected chi connectivity index (χ2v) is 18.6. The normalized spacial score (nSPS) is 11.6. The monoisotopic (exact) mass is 929 g/mol. The van der Waals surface area contributed by atoms with Crippen molar-refractivity contribution in [1.29, 1.82) is 0 Å². The Kier molecular flexibility index (Phi) is 10.1. The molecule has 0 spiro atoms. The molecule has 3 aromatic heterocycles. The van der Waals surface area contributed by atoms with Gasteiger partial charge in [-0.05, 0) is 62.9 Å². The second kappa shape index (κ2) is 17.5. The summed E-state index contributed by atoms with van der Waals surface area (Å²) in [5.74, 6) is 1.82. The first-order chi connectivity index (χ1) is 36.2. The van der Waals surface area contributed by atoms with Gasteiger partial charge in [0.2, 0.25) is 0 Å². The highest BCUT2D eigenvalue weighted by atomic mass is 15.0. The minimum absolute atomic E-state index is 0.597. The Bertz CT molecular complexity index is 4220. The van der Waals surface area contributed by atoms with Crippen molar-refractivity contribution in [2.75, 3.05) is 0 Å². The molecule has 0 aliphatic rings. The Balaban J connectivity index is 0.883. The molecule has 340 valence electrons. The van der Waals surface area contributed by atoms with Crippen molar-refractivity contribution in [3.05, 3.63) is 261 Å². The molecule has 0 fully saturated rings. The van der Waals surface area contributed by atoms with E-state index in [0.717, 1.165) is 83.3 Å². The number of para-hydroxylation sites is 3. The van der Waals surface area contributed by atoms with Gasteiger partial charge in [-0.3, -0.25) is 0 Å². The van der Waals surface area contributed by atoms with Gasteiger partial charge in [-0.1, -0.05) is 237 Å². The quantitative estimate of drug-likeness (QED) is 0.142. The van der Waals surface area contributed by atoms with Crippen molar-refractivity contribution in [3.63, 3.8) is 0 Å². The summed E-state index contributed by atoms with van der Waals surface area (Å²) in [4.78, 5) is 21.0. The van der Waals surface area contributed by atoms with E-state index in [1.54, 1.807) is 0 Å². The summed E-state index contributed by atoms with van der Waals surface area (Å²) in [5, 5.41) is 8.29. The molecule has 0 aliphatic carbocycles. The summed E-state index contributed by atoms with van der Waals surface area (Å²) < 4.78 is 2.36. The lowest BCUT2D eigenvalue weighted by Gasteiger charge is -2.16. The number of benzene rings is 11. The smallest absolute Gasteiger partial charge is 0.164 e. The van der Waals surface area contributed by atoms with E-state index in [0.29, 0.717) is 17.5 Å². The first-order valence-corrected chi connectivity index (χ1v) is 24.7. The zero-order valence-electron chi connectivity index (χ0n) is 39.6. The van der Waals surface area contributed by atoms with Crippen molar-refractivity contribution in [1.82, 2.24) is 24.5 Å². The Morgan fingerprint density at radius 3 is 1.22 bits per heavy atom. The molecule has 73 heavy (non-hydrogen) atoms. The minimum Gasteiger partial charge on any atom is -0.309 e. The third-order valence-electron chi connectivity index (χ3n) is 14.3. The zero-order chi connectivity index (χ0) is 48.2. The van der Waals surface area contributed by atoms with Gasteiger partial charge in [0.1, 0.15) is 0 Å². The van der Waals surface area contributed by atoms with Crippen molar-refractivity contribution < 1.29 is 0 Å². The molecule has 0 amide bonds. The van der Waals surface area contributed by atoms with Gasteiger partial charge in [-0.15, -0.1) is 0 Å². The lowest BCUT2D eigenvalue weighted by molar-refractivity contribution is 1.07. The topological polar surface area (TPSA) is 56.5 Å². The lowest BCUT2D eigenvalue weighted by Crippen LogP contribution is -2.00. The third-order valence-corrected chi connectivity index (χ3v) is 14.3. The largest absolute Gasteiger partial charge is 0.309 e. The Morgan fingerprint density at radius 1 is 0.247 bits per heavy atom. The minimum atomic E-state index is 0.597. The highest BCUT2D eigenvalue weighted by Gasteiger charge is 2.19. The molecule has 0 N–H and O–H groups in total. The van der Waals surface area contributed by atoms with Gasteiger partial charge in [-0.25, -0.2) is 19.9 Å². The molecule has 0 bridgehead atoms. The van der Waals surface area contributed by atoms with Crippen molar-refractivity contribution >= 4 is 54.3 Å². The number of hydrogen-bond donors (Lipinski definition) is 0. The first-order valence-electron chi connectivity index (χ1n) is 24.7. The van der Waals surface area contributed by atoms with Gasteiger partial charge in [0, 0.05) is 60.4 Å². The van der Waals surface area contributed by atoms with E-state index in [1.807, 2.05) is 12.1 Å². The molecule has 5 nitrogen and oxygen atoms in total. The summed E-state index contributed by atoms with van der Waals surface area (Å²) in [6.45, 7) is 0. The van der Waals surface area contributed by atoms with Gasteiger partial charge in [0.05, 0.1) is 22.2 Å². The maximum atomic E-state index is 5.63. The van der Waals surface area contributed by atoms with E-state index in [2.05, 4.69) is 253 Å². The summed E-state index contributed by atoms with van der Waals surface area (Å²) in [7, 11) is 0. The number of aromatic nitrogens is 5. The van der Waals surface area contributed by atoms with Crippen LogP contribution in [0.4, 0.5) is 0 Å². The van der Waals surface area contributed by atoms with Crippen molar-refractivity contribution in [2.24, 2.45) is 0 Å². The highest BCUT2D eigenvalue weighted by Crippen LogP contribution is 2.41. The van der Waals surface area contributed by atoms with Gasteiger partial charge in [-0.2, -0.15) is 0 Å². The standard InChI is InChI=1S/C68H43N5/c1-3-14-44(15-4-1)46-26-32-51(33-27-46)66-70-67(52-34-28-47(29-35-52)45-16-5-2-6-17-45)72-68(71-66)53-36-30-50(31-37-53)64-60-43-40-48-18-7-8-19-55(48)63(60)59-23-13-22-56(65(59)69-64)49-38-41-54(42-39-49)73-61-24-11-9-20-57(61)58-21-10-12-25-62(58)73/h1-43H. The van der Waals surface area contributed by atoms with E-state index in [4.69, 9.17) is 19.9 Å². The van der Waals surface area contributed by atoms with Crippen LogP contribution in [0.3, 0.4) is 0 Å². The number of pyridine rings is 1. The molecule has 0 aliphatic heterocycles. The van der Waals surface area contributed by atoms with E-state index < -0.39 is 0 Å².